The van der Waals surface area contributed by atoms with Gasteiger partial charge in [0.1, 0.15) is 11.3 Å². The van der Waals surface area contributed by atoms with E-state index < -0.39 is 10.0 Å². The third-order valence-corrected chi connectivity index (χ3v) is 5.94. The quantitative estimate of drug-likeness (QED) is 0.746. The van der Waals surface area contributed by atoms with Crippen molar-refractivity contribution in [3.63, 3.8) is 0 Å². The van der Waals surface area contributed by atoms with Crippen molar-refractivity contribution < 1.29 is 17.6 Å². The Bertz CT molecular complexity index is 1000. The molecule has 1 N–H and O–H groups in total. The number of amides is 1. The van der Waals surface area contributed by atoms with Crippen molar-refractivity contribution in [2.45, 2.75) is 17.9 Å². The fourth-order valence-electron chi connectivity index (χ4n) is 2.56. The molecule has 0 spiro atoms. The Hall–Kier alpha value is -2.64. The van der Waals surface area contributed by atoms with Crippen LogP contribution in [0.2, 0.25) is 0 Å². The van der Waals surface area contributed by atoms with E-state index in [1.807, 2.05) is 37.3 Å². The fraction of sp³-hybridized carbons (Fsp3) is 0.211. The van der Waals surface area contributed by atoms with Crippen LogP contribution in [0.3, 0.4) is 0 Å². The van der Waals surface area contributed by atoms with Crippen LogP contribution in [-0.2, 0) is 10.0 Å². The summed E-state index contributed by atoms with van der Waals surface area (Å²) in [7, 11) is -0.587. The van der Waals surface area contributed by atoms with Gasteiger partial charge in [-0.05, 0) is 43.3 Å². The first-order valence-electron chi connectivity index (χ1n) is 8.11. The van der Waals surface area contributed by atoms with Crippen LogP contribution in [0, 0.1) is 0 Å². The molecule has 0 aliphatic rings. The topological polar surface area (TPSA) is 79.6 Å². The summed E-state index contributed by atoms with van der Waals surface area (Å²) in [5.41, 5.74) is 1.15. The van der Waals surface area contributed by atoms with Gasteiger partial charge in [-0.2, -0.15) is 0 Å². The second kappa shape index (κ2) is 6.93. The summed E-state index contributed by atoms with van der Waals surface area (Å²) in [6.45, 7) is 1.83. The van der Waals surface area contributed by atoms with E-state index in [1.54, 1.807) is 0 Å². The molecule has 26 heavy (non-hydrogen) atoms. The van der Waals surface area contributed by atoms with Crippen LogP contribution >= 0.6 is 0 Å². The SMILES string of the molecule is C[C@@H](NC(=O)c1ccc(S(=O)(=O)N(C)C)cc1)c1cc2ccccc2o1. The van der Waals surface area contributed by atoms with Gasteiger partial charge in [-0.25, -0.2) is 12.7 Å². The van der Waals surface area contributed by atoms with Gasteiger partial charge in [0.25, 0.3) is 5.91 Å². The number of nitrogens with one attached hydrogen (secondary N) is 1. The molecule has 1 atom stereocenters. The lowest BCUT2D eigenvalue weighted by molar-refractivity contribution is 0.0935. The molecule has 0 saturated carbocycles. The van der Waals surface area contributed by atoms with E-state index in [4.69, 9.17) is 4.42 Å². The third kappa shape index (κ3) is 3.49. The van der Waals surface area contributed by atoms with Gasteiger partial charge in [0.05, 0.1) is 10.9 Å². The molecule has 0 radical (unpaired) electrons. The second-order valence-electron chi connectivity index (χ2n) is 6.19. The lowest BCUT2D eigenvalue weighted by atomic mass is 10.1. The molecule has 0 aliphatic carbocycles. The van der Waals surface area contributed by atoms with E-state index in [9.17, 15) is 13.2 Å². The zero-order chi connectivity index (χ0) is 18.9. The summed E-state index contributed by atoms with van der Waals surface area (Å²) in [6, 6.07) is 15.1. The number of carbonyl (C=O) groups excluding carboxylic acids is 1. The summed E-state index contributed by atoms with van der Waals surface area (Å²) < 4.78 is 31.0. The Balaban J connectivity index is 1.75. The molecule has 0 bridgehead atoms. The first kappa shape index (κ1) is 18.2. The fourth-order valence-corrected chi connectivity index (χ4v) is 3.46. The standard InChI is InChI=1S/C19H20N2O4S/c1-13(18-12-15-6-4-5-7-17(15)25-18)20-19(22)14-8-10-16(11-9-14)26(23,24)21(2)3/h4-13H,1-3H3,(H,20,22)/t13-/m1/s1. The molecule has 0 aliphatic heterocycles. The summed E-state index contributed by atoms with van der Waals surface area (Å²) in [5, 5.41) is 3.84. The number of rotatable bonds is 5. The minimum absolute atomic E-state index is 0.143. The van der Waals surface area contributed by atoms with E-state index in [0.29, 0.717) is 11.3 Å². The van der Waals surface area contributed by atoms with E-state index in [1.165, 1.54) is 38.4 Å². The monoisotopic (exact) mass is 372 g/mol. The molecule has 1 aromatic heterocycles. The van der Waals surface area contributed by atoms with Gasteiger partial charge in [0.15, 0.2) is 0 Å². The number of sulfonamides is 1. The van der Waals surface area contributed by atoms with Crippen LogP contribution in [-0.4, -0.2) is 32.7 Å². The Labute approximate surface area is 152 Å². The maximum Gasteiger partial charge on any atom is 0.251 e. The van der Waals surface area contributed by atoms with E-state index in [0.717, 1.165) is 15.3 Å². The maximum atomic E-state index is 12.4. The van der Waals surface area contributed by atoms with Gasteiger partial charge < -0.3 is 9.73 Å². The summed E-state index contributed by atoms with van der Waals surface area (Å²) in [4.78, 5) is 12.6. The second-order valence-corrected chi connectivity index (χ2v) is 8.35. The molecule has 7 heteroatoms. The maximum absolute atomic E-state index is 12.4. The lowest BCUT2D eigenvalue weighted by Crippen LogP contribution is -2.26. The average Bonchev–Trinajstić information content (AvgIpc) is 3.06. The van der Waals surface area contributed by atoms with Crippen LogP contribution in [0.15, 0.2) is 63.9 Å². The Kier molecular flexibility index (Phi) is 4.84. The number of hydrogen-bond acceptors (Lipinski definition) is 4. The first-order chi connectivity index (χ1) is 12.3. The highest BCUT2D eigenvalue weighted by Crippen LogP contribution is 2.24. The van der Waals surface area contributed by atoms with Crippen molar-refractivity contribution in [3.05, 3.63) is 65.9 Å². The van der Waals surface area contributed by atoms with Crippen LogP contribution < -0.4 is 5.32 Å². The van der Waals surface area contributed by atoms with E-state index >= 15 is 0 Å². The molecule has 1 amide bonds. The first-order valence-corrected chi connectivity index (χ1v) is 9.55. The van der Waals surface area contributed by atoms with Gasteiger partial charge in [-0.15, -0.1) is 0 Å². The van der Waals surface area contributed by atoms with Gasteiger partial charge in [0, 0.05) is 25.0 Å². The smallest absolute Gasteiger partial charge is 0.251 e. The zero-order valence-electron chi connectivity index (χ0n) is 14.8. The van der Waals surface area contributed by atoms with Crippen molar-refractivity contribution in [3.8, 4) is 0 Å². The molecular formula is C19H20N2O4S. The predicted molar refractivity (Wildman–Crippen MR) is 99.4 cm³/mol. The van der Waals surface area contributed by atoms with Crippen molar-refractivity contribution in [1.29, 1.82) is 0 Å². The summed E-state index contributed by atoms with van der Waals surface area (Å²) in [6.07, 6.45) is 0. The Morgan fingerprint density at radius 1 is 1.08 bits per heavy atom. The zero-order valence-corrected chi connectivity index (χ0v) is 15.6. The molecule has 0 saturated heterocycles. The number of nitrogens with zero attached hydrogens (tertiary/aromatic N) is 1. The molecule has 6 nitrogen and oxygen atoms in total. The van der Waals surface area contributed by atoms with Crippen molar-refractivity contribution in [2.75, 3.05) is 14.1 Å². The number of furan rings is 1. The Morgan fingerprint density at radius 3 is 2.35 bits per heavy atom. The number of benzene rings is 2. The van der Waals surface area contributed by atoms with Gasteiger partial charge in [-0.1, -0.05) is 18.2 Å². The molecule has 136 valence electrons. The summed E-state index contributed by atoms with van der Waals surface area (Å²) >= 11 is 0. The van der Waals surface area contributed by atoms with Crippen LogP contribution in [0.5, 0.6) is 0 Å². The van der Waals surface area contributed by atoms with Gasteiger partial charge in [-0.3, -0.25) is 4.79 Å². The molecule has 1 heterocycles. The minimum atomic E-state index is -3.51. The van der Waals surface area contributed by atoms with E-state index in [-0.39, 0.29) is 16.8 Å². The Morgan fingerprint density at radius 2 is 1.73 bits per heavy atom. The number of para-hydroxylation sites is 1. The molecule has 3 aromatic rings. The van der Waals surface area contributed by atoms with Crippen LogP contribution in [0.4, 0.5) is 0 Å². The highest BCUT2D eigenvalue weighted by Gasteiger charge is 2.19. The molecule has 2 aromatic carbocycles. The van der Waals surface area contributed by atoms with Crippen molar-refractivity contribution in [2.24, 2.45) is 0 Å². The highest BCUT2D eigenvalue weighted by atomic mass is 32.2. The van der Waals surface area contributed by atoms with Gasteiger partial charge >= 0.3 is 0 Å². The van der Waals surface area contributed by atoms with Crippen molar-refractivity contribution in [1.82, 2.24) is 9.62 Å². The highest BCUT2D eigenvalue weighted by molar-refractivity contribution is 7.89. The number of fused-ring (bicyclic) bond motifs is 1. The molecule has 0 fully saturated rings. The molecule has 0 unspecified atom stereocenters. The minimum Gasteiger partial charge on any atom is -0.459 e. The van der Waals surface area contributed by atoms with Gasteiger partial charge in [0.2, 0.25) is 10.0 Å². The average molecular weight is 372 g/mol. The van der Waals surface area contributed by atoms with Crippen LogP contribution in [0.1, 0.15) is 29.1 Å². The third-order valence-electron chi connectivity index (χ3n) is 4.11. The predicted octanol–water partition coefficient (Wildman–Crippen LogP) is 3.17. The number of carbonyl (C=O) groups is 1. The van der Waals surface area contributed by atoms with E-state index in [2.05, 4.69) is 5.32 Å². The molecule has 3 rings (SSSR count). The largest absolute Gasteiger partial charge is 0.459 e. The normalized spacial score (nSPS) is 13.1. The lowest BCUT2D eigenvalue weighted by Gasteiger charge is -2.13. The van der Waals surface area contributed by atoms with Crippen molar-refractivity contribution >= 4 is 26.9 Å². The summed E-state index contributed by atoms with van der Waals surface area (Å²) in [5.74, 6) is 0.359. The molecular weight excluding hydrogens is 352 g/mol. The number of hydrogen-bond donors (Lipinski definition) is 1. The van der Waals surface area contributed by atoms with Crippen LogP contribution in [0.25, 0.3) is 11.0 Å².